The Morgan fingerprint density at radius 2 is 1.23 bits per heavy atom. The van der Waals surface area contributed by atoms with Gasteiger partial charge in [0.15, 0.2) is 0 Å². The van der Waals surface area contributed by atoms with E-state index in [0.717, 1.165) is 25.3 Å². The van der Waals surface area contributed by atoms with Gasteiger partial charge in [-0.15, -0.1) is 0 Å². The van der Waals surface area contributed by atoms with E-state index in [1.54, 1.807) is 0 Å². The molecular weight excluding hydrogens is 378 g/mol. The molecule has 0 unspecified atom stereocenters. The van der Waals surface area contributed by atoms with Crippen LogP contribution in [0, 0.1) is 0 Å². The molecule has 3 N–H and O–H groups in total. The van der Waals surface area contributed by atoms with Gasteiger partial charge in [0.2, 0.25) is 5.91 Å². The van der Waals surface area contributed by atoms with Gasteiger partial charge < -0.3 is 15.5 Å². The SMILES string of the molecule is CCCCCCCCCCCCCCCCCC(=O)Nc1ccc(C(=O)O)cc1O. The molecule has 1 aromatic rings. The Morgan fingerprint density at radius 3 is 1.67 bits per heavy atom. The molecule has 0 aliphatic carbocycles. The first kappa shape index (κ1) is 26.0. The summed E-state index contributed by atoms with van der Waals surface area (Å²) in [4.78, 5) is 22.8. The molecule has 1 amide bonds. The number of phenolic OH excluding ortho intramolecular Hbond substituents is 1. The van der Waals surface area contributed by atoms with Gasteiger partial charge in [-0.3, -0.25) is 4.79 Å². The number of phenols is 1. The van der Waals surface area contributed by atoms with Gasteiger partial charge in [-0.05, 0) is 24.6 Å². The van der Waals surface area contributed by atoms with Gasteiger partial charge in [0.05, 0.1) is 11.3 Å². The summed E-state index contributed by atoms with van der Waals surface area (Å²) in [6, 6.07) is 3.93. The van der Waals surface area contributed by atoms with Crippen LogP contribution in [0.2, 0.25) is 0 Å². The highest BCUT2D eigenvalue weighted by Gasteiger charge is 2.10. The molecular formula is C25H41NO4. The summed E-state index contributed by atoms with van der Waals surface area (Å²) in [7, 11) is 0. The van der Waals surface area contributed by atoms with E-state index >= 15 is 0 Å². The summed E-state index contributed by atoms with van der Waals surface area (Å²) >= 11 is 0. The predicted octanol–water partition coefficient (Wildman–Crippen LogP) is 7.29. The smallest absolute Gasteiger partial charge is 0.335 e. The third-order valence-corrected chi connectivity index (χ3v) is 5.53. The zero-order valence-electron chi connectivity index (χ0n) is 18.8. The lowest BCUT2D eigenvalue weighted by Gasteiger charge is -2.08. The Balaban J connectivity index is 1.94. The number of hydrogen-bond donors (Lipinski definition) is 3. The average molecular weight is 420 g/mol. The molecule has 0 fully saturated rings. The van der Waals surface area contributed by atoms with Gasteiger partial charge >= 0.3 is 5.97 Å². The molecule has 0 aromatic heterocycles. The van der Waals surface area contributed by atoms with Crippen molar-refractivity contribution in [2.45, 2.75) is 110 Å². The Kier molecular flexibility index (Phi) is 14.5. The number of carboxylic acid groups (broad SMARTS) is 1. The van der Waals surface area contributed by atoms with Crippen molar-refractivity contribution in [3.63, 3.8) is 0 Å². The van der Waals surface area contributed by atoms with Crippen LogP contribution in [0.4, 0.5) is 5.69 Å². The molecule has 0 atom stereocenters. The molecule has 0 radical (unpaired) electrons. The van der Waals surface area contributed by atoms with Crippen LogP contribution in [0.25, 0.3) is 0 Å². The molecule has 5 nitrogen and oxygen atoms in total. The Morgan fingerprint density at radius 1 is 0.767 bits per heavy atom. The van der Waals surface area contributed by atoms with E-state index in [9.17, 15) is 14.7 Å². The number of anilines is 1. The number of aromatic carboxylic acids is 1. The van der Waals surface area contributed by atoms with Crippen LogP contribution in [-0.2, 0) is 4.79 Å². The lowest BCUT2D eigenvalue weighted by Crippen LogP contribution is -2.11. The van der Waals surface area contributed by atoms with Crippen molar-refractivity contribution in [3.05, 3.63) is 23.8 Å². The van der Waals surface area contributed by atoms with Gasteiger partial charge in [0.25, 0.3) is 0 Å². The highest BCUT2D eigenvalue weighted by Crippen LogP contribution is 2.24. The Bertz CT molecular complexity index is 615. The molecule has 1 aromatic carbocycles. The Hall–Kier alpha value is -2.04. The molecule has 0 aliphatic heterocycles. The first-order chi connectivity index (χ1) is 14.5. The number of benzene rings is 1. The minimum atomic E-state index is -1.11. The lowest BCUT2D eigenvalue weighted by atomic mass is 10.0. The highest BCUT2D eigenvalue weighted by molar-refractivity contribution is 5.94. The number of carboxylic acids is 1. The molecule has 0 saturated carbocycles. The first-order valence-corrected chi connectivity index (χ1v) is 11.9. The third kappa shape index (κ3) is 12.5. The second-order valence-corrected chi connectivity index (χ2v) is 8.29. The van der Waals surface area contributed by atoms with Crippen molar-refractivity contribution in [3.8, 4) is 5.75 Å². The number of amides is 1. The van der Waals surface area contributed by atoms with Crippen molar-refractivity contribution >= 4 is 17.6 Å². The molecule has 0 aliphatic rings. The van der Waals surface area contributed by atoms with E-state index in [1.807, 2.05) is 0 Å². The molecule has 5 heteroatoms. The number of nitrogens with one attached hydrogen (secondary N) is 1. The fraction of sp³-hybridized carbons (Fsp3) is 0.680. The monoisotopic (exact) mass is 419 g/mol. The summed E-state index contributed by atoms with van der Waals surface area (Å²) in [5, 5.41) is 21.3. The maximum atomic E-state index is 12.0. The zero-order valence-corrected chi connectivity index (χ0v) is 18.8. The number of carbonyl (C=O) groups is 2. The molecule has 0 spiro atoms. The quantitative estimate of drug-likeness (QED) is 0.172. The largest absolute Gasteiger partial charge is 0.506 e. The molecule has 170 valence electrons. The zero-order chi connectivity index (χ0) is 22.0. The van der Waals surface area contributed by atoms with E-state index in [1.165, 1.54) is 89.2 Å². The van der Waals surface area contributed by atoms with Gasteiger partial charge in [-0.2, -0.15) is 0 Å². The molecule has 0 saturated heterocycles. The van der Waals surface area contributed by atoms with Crippen molar-refractivity contribution in [2.24, 2.45) is 0 Å². The standard InChI is InChI=1S/C25H41NO4/c1-2-3-4-5-6-7-8-9-10-11-12-13-14-15-16-17-24(28)26-22-19-18-21(25(29)30)20-23(22)27/h18-20,27H,2-17H2,1H3,(H,26,28)(H,29,30). The van der Waals surface area contributed by atoms with Crippen LogP contribution in [0.5, 0.6) is 5.75 Å². The fourth-order valence-electron chi connectivity index (χ4n) is 3.64. The fourth-order valence-corrected chi connectivity index (χ4v) is 3.64. The van der Waals surface area contributed by atoms with Crippen LogP contribution in [0.1, 0.15) is 120 Å². The van der Waals surface area contributed by atoms with E-state index in [4.69, 9.17) is 5.11 Å². The maximum absolute atomic E-state index is 12.0. The number of carbonyl (C=O) groups excluding carboxylic acids is 1. The van der Waals surface area contributed by atoms with Gasteiger partial charge in [0.1, 0.15) is 5.75 Å². The van der Waals surface area contributed by atoms with Crippen molar-refractivity contribution in [1.82, 2.24) is 0 Å². The van der Waals surface area contributed by atoms with E-state index in [2.05, 4.69) is 12.2 Å². The van der Waals surface area contributed by atoms with Crippen LogP contribution in [0.15, 0.2) is 18.2 Å². The second kappa shape index (κ2) is 16.7. The van der Waals surface area contributed by atoms with E-state index in [-0.39, 0.29) is 22.9 Å². The highest BCUT2D eigenvalue weighted by atomic mass is 16.4. The van der Waals surface area contributed by atoms with E-state index in [0.29, 0.717) is 6.42 Å². The minimum Gasteiger partial charge on any atom is -0.506 e. The second-order valence-electron chi connectivity index (χ2n) is 8.29. The van der Waals surface area contributed by atoms with Gasteiger partial charge in [-0.1, -0.05) is 96.8 Å². The van der Waals surface area contributed by atoms with Crippen molar-refractivity contribution in [1.29, 1.82) is 0 Å². The van der Waals surface area contributed by atoms with E-state index < -0.39 is 5.97 Å². The Labute approximate surface area is 182 Å². The van der Waals surface area contributed by atoms with Gasteiger partial charge in [-0.25, -0.2) is 4.79 Å². The summed E-state index contributed by atoms with van der Waals surface area (Å²) in [5.74, 6) is -1.48. The lowest BCUT2D eigenvalue weighted by molar-refractivity contribution is -0.116. The number of rotatable bonds is 18. The molecule has 0 heterocycles. The third-order valence-electron chi connectivity index (χ3n) is 5.53. The maximum Gasteiger partial charge on any atom is 0.335 e. The molecule has 0 bridgehead atoms. The van der Waals surface area contributed by atoms with Crippen molar-refractivity contribution in [2.75, 3.05) is 5.32 Å². The van der Waals surface area contributed by atoms with Crippen LogP contribution < -0.4 is 5.32 Å². The summed E-state index contributed by atoms with van der Waals surface area (Å²) < 4.78 is 0. The van der Waals surface area contributed by atoms with Crippen LogP contribution in [0.3, 0.4) is 0 Å². The van der Waals surface area contributed by atoms with Crippen LogP contribution >= 0.6 is 0 Å². The summed E-state index contributed by atoms with van der Waals surface area (Å²) in [6.07, 6.45) is 19.7. The number of hydrogen-bond acceptors (Lipinski definition) is 3. The topological polar surface area (TPSA) is 86.6 Å². The minimum absolute atomic E-state index is 0.00657. The average Bonchev–Trinajstić information content (AvgIpc) is 2.72. The predicted molar refractivity (Wildman–Crippen MR) is 123 cm³/mol. The normalized spacial score (nSPS) is 10.8. The summed E-state index contributed by atoms with van der Waals surface area (Å²) in [6.45, 7) is 2.26. The van der Waals surface area contributed by atoms with Crippen LogP contribution in [-0.4, -0.2) is 22.1 Å². The number of unbranched alkanes of at least 4 members (excludes halogenated alkanes) is 14. The van der Waals surface area contributed by atoms with Crippen molar-refractivity contribution < 1.29 is 19.8 Å². The summed E-state index contributed by atoms with van der Waals surface area (Å²) in [5.41, 5.74) is 0.249. The molecule has 30 heavy (non-hydrogen) atoms. The number of aromatic hydroxyl groups is 1. The van der Waals surface area contributed by atoms with Gasteiger partial charge in [0, 0.05) is 6.42 Å². The first-order valence-electron chi connectivity index (χ1n) is 11.9. The molecule has 1 rings (SSSR count).